The standard InChI is InChI=1S/C35H40N4O2/c36-21-10-9-17-32-35(41)39(34(28-12-3-1-4-13-28)29-14-5-2-6-15-29)22-20-31(38-32)25-37-33(40)24-26-18-19-27-11-7-8-16-30(27)23-26/h1-8,11-16,18-19,23,31-32,34,38H,9-10,17,20-22,24-25,36H2,(H,37,40)/t31-,32-/m0/s1. The van der Waals surface area contributed by atoms with Gasteiger partial charge in [-0.3, -0.25) is 9.59 Å². The van der Waals surface area contributed by atoms with Gasteiger partial charge in [-0.2, -0.15) is 0 Å². The molecule has 2 amide bonds. The molecule has 0 saturated carbocycles. The number of hydrogen-bond acceptors (Lipinski definition) is 4. The van der Waals surface area contributed by atoms with E-state index in [-0.39, 0.29) is 29.9 Å². The van der Waals surface area contributed by atoms with E-state index in [1.165, 1.54) is 5.39 Å². The largest absolute Gasteiger partial charge is 0.354 e. The Morgan fingerprint density at radius 2 is 1.54 bits per heavy atom. The van der Waals surface area contributed by atoms with E-state index >= 15 is 0 Å². The number of nitrogens with one attached hydrogen (secondary N) is 2. The number of nitrogens with zero attached hydrogens (tertiary/aromatic N) is 1. The molecule has 0 unspecified atom stereocenters. The predicted octanol–water partition coefficient (Wildman–Crippen LogP) is 4.98. The smallest absolute Gasteiger partial charge is 0.240 e. The molecule has 4 N–H and O–H groups in total. The van der Waals surface area contributed by atoms with Gasteiger partial charge in [-0.25, -0.2) is 0 Å². The van der Waals surface area contributed by atoms with Crippen LogP contribution in [0.1, 0.15) is 48.4 Å². The summed E-state index contributed by atoms with van der Waals surface area (Å²) in [5, 5.41) is 9.04. The summed E-state index contributed by atoms with van der Waals surface area (Å²) in [6.07, 6.45) is 3.53. The van der Waals surface area contributed by atoms with Crippen LogP contribution in [-0.4, -0.2) is 48.4 Å². The van der Waals surface area contributed by atoms with Crippen LogP contribution in [0.4, 0.5) is 0 Å². The van der Waals surface area contributed by atoms with Crippen LogP contribution in [0.2, 0.25) is 0 Å². The second kappa shape index (κ2) is 14.1. The first-order chi connectivity index (χ1) is 20.1. The SMILES string of the molecule is NCCCC[C@@H]1N[C@H](CNC(=O)Cc2ccc3ccccc3c2)CCN(C(c2ccccc2)c2ccccc2)C1=O. The van der Waals surface area contributed by atoms with Gasteiger partial charge in [0.25, 0.3) is 0 Å². The lowest BCUT2D eigenvalue weighted by atomic mass is 9.96. The fourth-order valence-electron chi connectivity index (χ4n) is 5.82. The zero-order chi connectivity index (χ0) is 28.4. The molecule has 4 aromatic rings. The molecule has 0 spiro atoms. The highest BCUT2D eigenvalue weighted by Gasteiger charge is 2.35. The molecule has 1 aliphatic rings. The van der Waals surface area contributed by atoms with Crippen LogP contribution in [0, 0.1) is 0 Å². The Labute approximate surface area is 242 Å². The van der Waals surface area contributed by atoms with Crippen molar-refractivity contribution in [2.75, 3.05) is 19.6 Å². The van der Waals surface area contributed by atoms with Gasteiger partial charge in [0, 0.05) is 19.1 Å². The van der Waals surface area contributed by atoms with Gasteiger partial charge in [-0.15, -0.1) is 0 Å². The summed E-state index contributed by atoms with van der Waals surface area (Å²) in [5.74, 6) is 0.0883. The van der Waals surface area contributed by atoms with Gasteiger partial charge in [0.15, 0.2) is 0 Å². The monoisotopic (exact) mass is 548 g/mol. The molecule has 212 valence electrons. The van der Waals surface area contributed by atoms with Crippen LogP contribution in [0.25, 0.3) is 10.8 Å². The summed E-state index contributed by atoms with van der Waals surface area (Å²) in [4.78, 5) is 29.1. The number of carbonyl (C=O) groups is 2. The molecule has 41 heavy (non-hydrogen) atoms. The van der Waals surface area contributed by atoms with Crippen molar-refractivity contribution in [3.8, 4) is 0 Å². The number of rotatable bonds is 11. The molecule has 4 aromatic carbocycles. The van der Waals surface area contributed by atoms with Crippen molar-refractivity contribution in [3.63, 3.8) is 0 Å². The fourth-order valence-corrected chi connectivity index (χ4v) is 5.82. The molecule has 5 rings (SSSR count). The van der Waals surface area contributed by atoms with Gasteiger partial charge >= 0.3 is 0 Å². The van der Waals surface area contributed by atoms with E-state index < -0.39 is 0 Å². The van der Waals surface area contributed by atoms with Crippen LogP contribution < -0.4 is 16.4 Å². The van der Waals surface area contributed by atoms with Gasteiger partial charge in [0.2, 0.25) is 11.8 Å². The van der Waals surface area contributed by atoms with Crippen molar-refractivity contribution in [2.45, 2.75) is 50.2 Å². The molecule has 1 saturated heterocycles. The Hall–Kier alpha value is -4.00. The molecule has 1 heterocycles. The normalized spacial score (nSPS) is 17.5. The van der Waals surface area contributed by atoms with Crippen LogP contribution >= 0.6 is 0 Å². The van der Waals surface area contributed by atoms with Crippen LogP contribution in [-0.2, 0) is 16.0 Å². The van der Waals surface area contributed by atoms with Crippen molar-refractivity contribution >= 4 is 22.6 Å². The highest BCUT2D eigenvalue weighted by molar-refractivity contribution is 5.85. The Bertz CT molecular complexity index is 1390. The minimum atomic E-state index is -0.332. The van der Waals surface area contributed by atoms with E-state index in [0.29, 0.717) is 32.5 Å². The van der Waals surface area contributed by atoms with Gasteiger partial charge < -0.3 is 21.3 Å². The maximum absolute atomic E-state index is 14.1. The second-order valence-corrected chi connectivity index (χ2v) is 10.9. The molecule has 1 aliphatic heterocycles. The average Bonchev–Trinajstić information content (AvgIpc) is 3.16. The van der Waals surface area contributed by atoms with Gasteiger partial charge in [0.1, 0.15) is 0 Å². The minimum Gasteiger partial charge on any atom is -0.354 e. The molecule has 0 radical (unpaired) electrons. The third-order valence-corrected chi connectivity index (χ3v) is 7.95. The number of unbranched alkanes of at least 4 members (excludes halogenated alkanes) is 1. The quantitative estimate of drug-likeness (QED) is 0.231. The van der Waals surface area contributed by atoms with Gasteiger partial charge in [-0.05, 0) is 53.3 Å². The topological polar surface area (TPSA) is 87.5 Å². The van der Waals surface area contributed by atoms with E-state index in [9.17, 15) is 9.59 Å². The van der Waals surface area contributed by atoms with E-state index in [2.05, 4.69) is 59.2 Å². The molecule has 0 bridgehead atoms. The summed E-state index contributed by atoms with van der Waals surface area (Å²) in [6, 6.07) is 34.3. The van der Waals surface area contributed by atoms with E-state index in [1.54, 1.807) is 0 Å². The summed E-state index contributed by atoms with van der Waals surface area (Å²) in [5.41, 5.74) is 8.95. The third kappa shape index (κ3) is 7.40. The Morgan fingerprint density at radius 1 is 0.878 bits per heavy atom. The maximum Gasteiger partial charge on any atom is 0.240 e. The number of hydrogen-bond donors (Lipinski definition) is 3. The predicted molar refractivity (Wildman–Crippen MR) is 165 cm³/mol. The number of amides is 2. The van der Waals surface area contributed by atoms with Crippen LogP contribution in [0.5, 0.6) is 0 Å². The molecular weight excluding hydrogens is 508 g/mol. The van der Waals surface area contributed by atoms with Crippen molar-refractivity contribution in [2.24, 2.45) is 5.73 Å². The number of carbonyl (C=O) groups excluding carboxylic acids is 2. The number of benzene rings is 4. The van der Waals surface area contributed by atoms with E-state index in [1.807, 2.05) is 59.5 Å². The Morgan fingerprint density at radius 3 is 2.22 bits per heavy atom. The highest BCUT2D eigenvalue weighted by atomic mass is 16.2. The lowest BCUT2D eigenvalue weighted by Crippen LogP contribution is -2.49. The summed E-state index contributed by atoms with van der Waals surface area (Å²) < 4.78 is 0. The summed E-state index contributed by atoms with van der Waals surface area (Å²) in [6.45, 7) is 1.68. The molecular formula is C35H40N4O2. The summed E-state index contributed by atoms with van der Waals surface area (Å²) in [7, 11) is 0. The Kier molecular flexibility index (Phi) is 9.78. The first-order valence-electron chi connectivity index (χ1n) is 14.7. The minimum absolute atomic E-state index is 0.0133. The molecule has 1 fully saturated rings. The van der Waals surface area contributed by atoms with E-state index in [0.717, 1.165) is 41.3 Å². The van der Waals surface area contributed by atoms with E-state index in [4.69, 9.17) is 5.73 Å². The lowest BCUT2D eigenvalue weighted by molar-refractivity contribution is -0.134. The van der Waals surface area contributed by atoms with Gasteiger partial charge in [-0.1, -0.05) is 110 Å². The first kappa shape index (κ1) is 28.5. The first-order valence-corrected chi connectivity index (χ1v) is 14.7. The average molecular weight is 549 g/mol. The lowest BCUT2D eigenvalue weighted by Gasteiger charge is -2.33. The fraction of sp³-hybridized carbons (Fsp3) is 0.314. The van der Waals surface area contributed by atoms with Crippen molar-refractivity contribution in [3.05, 3.63) is 120 Å². The van der Waals surface area contributed by atoms with Crippen LogP contribution in [0.3, 0.4) is 0 Å². The van der Waals surface area contributed by atoms with Gasteiger partial charge in [0.05, 0.1) is 18.5 Å². The molecule has 6 nitrogen and oxygen atoms in total. The molecule has 0 aromatic heterocycles. The third-order valence-electron chi connectivity index (χ3n) is 7.95. The second-order valence-electron chi connectivity index (χ2n) is 10.9. The highest BCUT2D eigenvalue weighted by Crippen LogP contribution is 2.31. The number of fused-ring (bicyclic) bond motifs is 1. The van der Waals surface area contributed by atoms with Crippen molar-refractivity contribution < 1.29 is 9.59 Å². The zero-order valence-corrected chi connectivity index (χ0v) is 23.5. The van der Waals surface area contributed by atoms with Crippen molar-refractivity contribution in [1.29, 1.82) is 0 Å². The Balaban J connectivity index is 1.30. The molecule has 6 heteroatoms. The molecule has 2 atom stereocenters. The van der Waals surface area contributed by atoms with Crippen LogP contribution in [0.15, 0.2) is 103 Å². The summed E-state index contributed by atoms with van der Waals surface area (Å²) >= 11 is 0. The number of nitrogens with two attached hydrogens (primary N) is 1. The molecule has 0 aliphatic carbocycles. The maximum atomic E-state index is 14.1. The van der Waals surface area contributed by atoms with Crippen molar-refractivity contribution in [1.82, 2.24) is 15.5 Å². The zero-order valence-electron chi connectivity index (χ0n) is 23.5.